The van der Waals surface area contributed by atoms with Gasteiger partial charge in [-0.25, -0.2) is 0 Å². The van der Waals surface area contributed by atoms with E-state index in [0.29, 0.717) is 19.1 Å². The molecule has 1 aliphatic carbocycles. The molecule has 0 spiro atoms. The summed E-state index contributed by atoms with van der Waals surface area (Å²) in [5.41, 5.74) is 10.2. The van der Waals surface area contributed by atoms with Crippen LogP contribution in [-0.2, 0) is 23.2 Å². The Kier molecular flexibility index (Phi) is 6.56. The van der Waals surface area contributed by atoms with Crippen molar-refractivity contribution in [1.82, 2.24) is 0 Å². The van der Waals surface area contributed by atoms with E-state index in [4.69, 9.17) is 15.2 Å². The third kappa shape index (κ3) is 4.36. The highest BCUT2D eigenvalue weighted by Gasteiger charge is 2.42. The Morgan fingerprint density at radius 3 is 2.67 bits per heavy atom. The lowest BCUT2D eigenvalue weighted by Crippen LogP contribution is -2.42. The van der Waals surface area contributed by atoms with Crippen molar-refractivity contribution in [2.24, 2.45) is 11.7 Å². The third-order valence-corrected chi connectivity index (χ3v) is 6.26. The van der Waals surface area contributed by atoms with Crippen molar-refractivity contribution in [3.8, 4) is 5.75 Å². The smallest absolute Gasteiger partial charge is 0.119 e. The Morgan fingerprint density at radius 2 is 1.96 bits per heavy atom. The molecule has 3 heteroatoms. The molecule has 0 saturated carbocycles. The summed E-state index contributed by atoms with van der Waals surface area (Å²) in [5.74, 6) is 1.51. The number of aryl methyl sites for hydroxylation is 1. The van der Waals surface area contributed by atoms with E-state index >= 15 is 0 Å². The Bertz CT molecular complexity index is 730. The predicted octanol–water partition coefficient (Wildman–Crippen LogP) is 4.86. The molecule has 0 heterocycles. The molecule has 3 atom stereocenters. The number of methoxy groups -OCH3 is 1. The lowest BCUT2D eigenvalue weighted by molar-refractivity contribution is 0.0181. The van der Waals surface area contributed by atoms with E-state index in [9.17, 15) is 0 Å². The molecule has 0 amide bonds. The van der Waals surface area contributed by atoms with Crippen LogP contribution in [0.3, 0.4) is 0 Å². The standard InChI is InChI=1S/C24H33NO2/c1-18-9-10-21-11-12-22(26-3)15-23(21)24(18,13-14-25)16-19(2)27-17-20-7-5-4-6-8-20/h4-8,11-12,15,18-19H,9-10,13-14,16-17,25H2,1-3H3. The van der Waals surface area contributed by atoms with Crippen LogP contribution in [0.1, 0.15) is 49.8 Å². The van der Waals surface area contributed by atoms with Gasteiger partial charge in [0.2, 0.25) is 0 Å². The number of nitrogens with two attached hydrogens (primary N) is 1. The van der Waals surface area contributed by atoms with Gasteiger partial charge in [-0.3, -0.25) is 0 Å². The van der Waals surface area contributed by atoms with Crippen LogP contribution in [0.2, 0.25) is 0 Å². The van der Waals surface area contributed by atoms with Crippen LogP contribution in [0.4, 0.5) is 0 Å². The summed E-state index contributed by atoms with van der Waals surface area (Å²) in [4.78, 5) is 0. The fourth-order valence-corrected chi connectivity index (χ4v) is 4.71. The van der Waals surface area contributed by atoms with E-state index in [1.54, 1.807) is 7.11 Å². The molecular formula is C24H33NO2. The molecule has 2 N–H and O–H groups in total. The lowest BCUT2D eigenvalue weighted by atomic mass is 9.60. The Morgan fingerprint density at radius 1 is 1.19 bits per heavy atom. The summed E-state index contributed by atoms with van der Waals surface area (Å²) >= 11 is 0. The van der Waals surface area contributed by atoms with E-state index < -0.39 is 0 Å². The minimum Gasteiger partial charge on any atom is -0.497 e. The van der Waals surface area contributed by atoms with Crippen molar-refractivity contribution in [2.75, 3.05) is 13.7 Å². The van der Waals surface area contributed by atoms with Crippen molar-refractivity contribution in [2.45, 2.75) is 57.7 Å². The van der Waals surface area contributed by atoms with E-state index in [2.05, 4.69) is 56.3 Å². The number of hydrogen-bond acceptors (Lipinski definition) is 3. The molecule has 2 aromatic rings. The highest BCUT2D eigenvalue weighted by Crippen LogP contribution is 2.48. The van der Waals surface area contributed by atoms with E-state index in [-0.39, 0.29) is 11.5 Å². The lowest BCUT2D eigenvalue weighted by Gasteiger charge is -2.46. The van der Waals surface area contributed by atoms with Crippen molar-refractivity contribution in [3.63, 3.8) is 0 Å². The van der Waals surface area contributed by atoms with Crippen molar-refractivity contribution in [3.05, 3.63) is 65.2 Å². The van der Waals surface area contributed by atoms with Gasteiger partial charge in [0.15, 0.2) is 0 Å². The highest BCUT2D eigenvalue weighted by molar-refractivity contribution is 5.43. The summed E-state index contributed by atoms with van der Waals surface area (Å²) < 4.78 is 11.8. The van der Waals surface area contributed by atoms with Crippen molar-refractivity contribution >= 4 is 0 Å². The molecule has 0 saturated heterocycles. The number of rotatable bonds is 8. The average Bonchev–Trinajstić information content (AvgIpc) is 2.70. The number of hydrogen-bond donors (Lipinski definition) is 1. The summed E-state index contributed by atoms with van der Waals surface area (Å²) in [6, 6.07) is 17.0. The van der Waals surface area contributed by atoms with Crippen molar-refractivity contribution < 1.29 is 9.47 Å². The summed E-state index contributed by atoms with van der Waals surface area (Å²) in [7, 11) is 1.74. The molecule has 3 unspecified atom stereocenters. The number of fused-ring (bicyclic) bond motifs is 1. The molecule has 2 aromatic carbocycles. The van der Waals surface area contributed by atoms with Gasteiger partial charge >= 0.3 is 0 Å². The van der Waals surface area contributed by atoms with Crippen LogP contribution in [0.5, 0.6) is 5.75 Å². The van der Waals surface area contributed by atoms with E-state index in [0.717, 1.165) is 25.0 Å². The SMILES string of the molecule is COc1ccc2c(c1)C(CCN)(CC(C)OCc1ccccc1)C(C)CC2. The summed E-state index contributed by atoms with van der Waals surface area (Å²) in [6.45, 7) is 5.91. The fraction of sp³-hybridized carbons (Fsp3) is 0.500. The maximum atomic E-state index is 6.25. The largest absolute Gasteiger partial charge is 0.497 e. The van der Waals surface area contributed by atoms with Gasteiger partial charge < -0.3 is 15.2 Å². The normalized spacial score (nSPS) is 22.9. The van der Waals surface area contributed by atoms with Crippen molar-refractivity contribution in [1.29, 1.82) is 0 Å². The van der Waals surface area contributed by atoms with Gasteiger partial charge in [0.25, 0.3) is 0 Å². The number of benzene rings is 2. The van der Waals surface area contributed by atoms with Gasteiger partial charge in [-0.2, -0.15) is 0 Å². The molecule has 146 valence electrons. The highest BCUT2D eigenvalue weighted by atomic mass is 16.5. The van der Waals surface area contributed by atoms with Crippen LogP contribution in [-0.4, -0.2) is 19.8 Å². The van der Waals surface area contributed by atoms with Crippen LogP contribution in [0.25, 0.3) is 0 Å². The van der Waals surface area contributed by atoms with E-state index in [1.807, 2.05) is 6.07 Å². The van der Waals surface area contributed by atoms with Gasteiger partial charge in [0.05, 0.1) is 19.8 Å². The predicted molar refractivity (Wildman–Crippen MR) is 111 cm³/mol. The first-order valence-corrected chi connectivity index (χ1v) is 10.1. The molecule has 3 rings (SSSR count). The second kappa shape index (κ2) is 8.90. The van der Waals surface area contributed by atoms with Gasteiger partial charge in [-0.05, 0) is 73.9 Å². The van der Waals surface area contributed by atoms with Crippen LogP contribution in [0.15, 0.2) is 48.5 Å². The second-order valence-corrected chi connectivity index (χ2v) is 7.97. The summed E-state index contributed by atoms with van der Waals surface area (Å²) in [6.07, 6.45) is 4.46. The zero-order valence-electron chi connectivity index (χ0n) is 16.9. The van der Waals surface area contributed by atoms with Crippen LogP contribution < -0.4 is 10.5 Å². The Balaban J connectivity index is 1.84. The first kappa shape index (κ1) is 19.9. The molecule has 0 aromatic heterocycles. The number of ether oxygens (including phenoxy) is 2. The Hall–Kier alpha value is -1.84. The monoisotopic (exact) mass is 367 g/mol. The topological polar surface area (TPSA) is 44.5 Å². The molecule has 0 aliphatic heterocycles. The molecular weight excluding hydrogens is 334 g/mol. The van der Waals surface area contributed by atoms with Gasteiger partial charge in [0, 0.05) is 5.41 Å². The second-order valence-electron chi connectivity index (χ2n) is 7.97. The zero-order valence-corrected chi connectivity index (χ0v) is 16.9. The molecule has 27 heavy (non-hydrogen) atoms. The fourth-order valence-electron chi connectivity index (χ4n) is 4.71. The molecule has 0 radical (unpaired) electrons. The summed E-state index contributed by atoms with van der Waals surface area (Å²) in [5, 5.41) is 0. The van der Waals surface area contributed by atoms with Gasteiger partial charge in [-0.1, -0.05) is 43.3 Å². The molecule has 1 aliphatic rings. The average molecular weight is 368 g/mol. The molecule has 3 nitrogen and oxygen atoms in total. The molecule has 0 bridgehead atoms. The minimum atomic E-state index is 0.0486. The third-order valence-electron chi connectivity index (χ3n) is 6.26. The van der Waals surface area contributed by atoms with Crippen LogP contribution in [0, 0.1) is 5.92 Å². The van der Waals surface area contributed by atoms with Crippen LogP contribution >= 0.6 is 0 Å². The molecule has 0 fully saturated rings. The maximum Gasteiger partial charge on any atom is 0.119 e. The van der Waals surface area contributed by atoms with Gasteiger partial charge in [0.1, 0.15) is 5.75 Å². The maximum absolute atomic E-state index is 6.25. The first-order valence-electron chi connectivity index (χ1n) is 10.1. The Labute approximate surface area is 163 Å². The first-order chi connectivity index (χ1) is 13.1. The minimum absolute atomic E-state index is 0.0486. The quantitative estimate of drug-likeness (QED) is 0.725. The van der Waals surface area contributed by atoms with E-state index in [1.165, 1.54) is 23.1 Å². The van der Waals surface area contributed by atoms with Gasteiger partial charge in [-0.15, -0.1) is 0 Å². The zero-order chi connectivity index (χ0) is 19.3.